The number of hydrogen-bond acceptors (Lipinski definition) is 5. The van der Waals surface area contributed by atoms with Crippen LogP contribution < -0.4 is 10.6 Å². The number of rotatable bonds is 7. The Morgan fingerprint density at radius 3 is 2.69 bits per heavy atom. The number of hydrogen-bond donors (Lipinski definition) is 3. The van der Waals surface area contributed by atoms with Crippen LogP contribution in [0, 0.1) is 17.8 Å². The molecule has 4 rings (SSSR count). The highest BCUT2D eigenvalue weighted by molar-refractivity contribution is 6.02. The van der Waals surface area contributed by atoms with Crippen LogP contribution in [-0.2, 0) is 23.2 Å². The Hall–Kier alpha value is -2.68. The average Bonchev–Trinajstić information content (AvgIpc) is 3.05. The van der Waals surface area contributed by atoms with Crippen molar-refractivity contribution < 1.29 is 14.3 Å². The Kier molecular flexibility index (Phi) is 5.16. The van der Waals surface area contributed by atoms with Crippen molar-refractivity contribution in [2.45, 2.75) is 45.3 Å². The minimum atomic E-state index is -0.264. The molecule has 9 heteroatoms. The molecule has 2 aliphatic rings. The van der Waals surface area contributed by atoms with Crippen LogP contribution in [0.4, 0.5) is 5.82 Å². The molecule has 2 aromatic rings. The Balaban J connectivity index is 1.33. The molecule has 0 bridgehead atoms. The van der Waals surface area contributed by atoms with E-state index in [0.29, 0.717) is 41.6 Å². The minimum Gasteiger partial charge on any atom is -0.378 e. The van der Waals surface area contributed by atoms with Crippen molar-refractivity contribution in [3.05, 3.63) is 29.2 Å². The summed E-state index contributed by atoms with van der Waals surface area (Å²) in [6.45, 7) is 4.33. The van der Waals surface area contributed by atoms with Crippen molar-refractivity contribution in [1.29, 1.82) is 0 Å². The van der Waals surface area contributed by atoms with E-state index in [4.69, 9.17) is 4.74 Å². The average molecular weight is 400 g/mol. The largest absolute Gasteiger partial charge is 0.378 e. The van der Waals surface area contributed by atoms with Crippen LogP contribution >= 0.6 is 0 Å². The van der Waals surface area contributed by atoms with Crippen LogP contribution in [-0.4, -0.2) is 44.9 Å². The second-order valence-electron chi connectivity index (χ2n) is 8.43. The number of amides is 2. The molecule has 2 aliphatic carbocycles. The van der Waals surface area contributed by atoms with Crippen molar-refractivity contribution in [1.82, 2.24) is 25.3 Å². The van der Waals surface area contributed by atoms with Crippen molar-refractivity contribution in [2.75, 3.05) is 12.4 Å². The molecule has 29 heavy (non-hydrogen) atoms. The monoisotopic (exact) mass is 400 g/mol. The predicted octanol–water partition coefficient (Wildman–Crippen LogP) is 1.81. The molecule has 2 aromatic heterocycles. The third-order valence-corrected chi connectivity index (χ3v) is 5.91. The molecule has 0 radical (unpaired) electrons. The lowest BCUT2D eigenvalue weighted by Crippen LogP contribution is -2.32. The van der Waals surface area contributed by atoms with Crippen molar-refractivity contribution in [3.63, 3.8) is 0 Å². The van der Waals surface area contributed by atoms with Crippen LogP contribution in [0.1, 0.15) is 54.5 Å². The van der Waals surface area contributed by atoms with Gasteiger partial charge >= 0.3 is 0 Å². The molecule has 0 spiro atoms. The highest BCUT2D eigenvalue weighted by atomic mass is 16.5. The topological polar surface area (TPSA) is 114 Å². The van der Waals surface area contributed by atoms with Gasteiger partial charge in [-0.15, -0.1) is 0 Å². The SMILES string of the molecule is COCc1cc(C(=O)Nc2cc(C3C[C@@H]4C(C(=O)NC(C)C)[C@@H]4C3)[nH]n2)n(C)n1. The van der Waals surface area contributed by atoms with E-state index in [2.05, 4.69) is 25.9 Å². The van der Waals surface area contributed by atoms with Gasteiger partial charge in [0.25, 0.3) is 5.91 Å². The fraction of sp³-hybridized carbons (Fsp3) is 0.600. The van der Waals surface area contributed by atoms with Gasteiger partial charge in [-0.25, -0.2) is 0 Å². The molecular weight excluding hydrogens is 372 g/mol. The maximum Gasteiger partial charge on any atom is 0.275 e. The van der Waals surface area contributed by atoms with Gasteiger partial charge in [0, 0.05) is 43.8 Å². The van der Waals surface area contributed by atoms with Gasteiger partial charge in [0.1, 0.15) is 5.69 Å². The second kappa shape index (κ2) is 7.62. The molecule has 2 saturated carbocycles. The van der Waals surface area contributed by atoms with Crippen LogP contribution in [0.5, 0.6) is 0 Å². The van der Waals surface area contributed by atoms with E-state index in [-0.39, 0.29) is 23.8 Å². The smallest absolute Gasteiger partial charge is 0.275 e. The molecule has 0 aromatic carbocycles. The van der Waals surface area contributed by atoms with Crippen molar-refractivity contribution >= 4 is 17.6 Å². The van der Waals surface area contributed by atoms with Gasteiger partial charge in [-0.2, -0.15) is 10.2 Å². The summed E-state index contributed by atoms with van der Waals surface area (Å²) in [6.07, 6.45) is 1.97. The first-order valence-electron chi connectivity index (χ1n) is 10.1. The van der Waals surface area contributed by atoms with E-state index >= 15 is 0 Å². The molecule has 0 saturated heterocycles. The molecule has 3 N–H and O–H groups in total. The Morgan fingerprint density at radius 2 is 2.03 bits per heavy atom. The maximum atomic E-state index is 12.5. The summed E-state index contributed by atoms with van der Waals surface area (Å²) in [5, 5.41) is 17.4. The third kappa shape index (κ3) is 3.91. The Labute approximate surface area is 169 Å². The standard InChI is InChI=1S/C20H28N6O3/c1-10(2)21-20(28)18-13-5-11(6-14(13)18)15-8-17(24-23-15)22-19(27)16-7-12(9-29-4)25-26(16)3/h7-8,10-11,13-14,18H,5-6,9H2,1-4H3,(H,21,28)(H2,22,23,24,27)/t11?,13-,14+,18?. The first-order valence-corrected chi connectivity index (χ1v) is 10.1. The van der Waals surface area contributed by atoms with Crippen LogP contribution in [0.25, 0.3) is 0 Å². The van der Waals surface area contributed by atoms with E-state index in [1.807, 2.05) is 19.9 Å². The molecular formula is C20H28N6O3. The molecule has 156 valence electrons. The van der Waals surface area contributed by atoms with Crippen LogP contribution in [0.2, 0.25) is 0 Å². The second-order valence-corrected chi connectivity index (χ2v) is 8.43. The number of carbonyl (C=O) groups is 2. The number of aryl methyl sites for hydroxylation is 1. The maximum absolute atomic E-state index is 12.5. The van der Waals surface area contributed by atoms with Gasteiger partial charge < -0.3 is 15.4 Å². The summed E-state index contributed by atoms with van der Waals surface area (Å²) in [6, 6.07) is 3.78. The quantitative estimate of drug-likeness (QED) is 0.656. The number of H-pyrrole nitrogens is 1. The third-order valence-electron chi connectivity index (χ3n) is 5.91. The number of ether oxygens (including phenoxy) is 1. The first kappa shape index (κ1) is 19.6. The van der Waals surface area contributed by atoms with Crippen molar-refractivity contribution in [3.8, 4) is 0 Å². The van der Waals surface area contributed by atoms with Crippen LogP contribution in [0.3, 0.4) is 0 Å². The molecule has 4 atom stereocenters. The number of methoxy groups -OCH3 is 1. The zero-order valence-electron chi connectivity index (χ0n) is 17.2. The number of anilines is 1. The molecule has 2 heterocycles. The van der Waals surface area contributed by atoms with Crippen molar-refractivity contribution in [2.24, 2.45) is 24.8 Å². The lowest BCUT2D eigenvalue weighted by Gasteiger charge is -2.13. The molecule has 2 unspecified atom stereocenters. The molecule has 0 aliphatic heterocycles. The summed E-state index contributed by atoms with van der Waals surface area (Å²) < 4.78 is 6.59. The fourth-order valence-corrected chi connectivity index (χ4v) is 4.61. The van der Waals surface area contributed by atoms with Gasteiger partial charge in [0.2, 0.25) is 5.91 Å². The number of aromatic nitrogens is 4. The minimum absolute atomic E-state index is 0.168. The Morgan fingerprint density at radius 1 is 1.31 bits per heavy atom. The fourth-order valence-electron chi connectivity index (χ4n) is 4.61. The number of nitrogens with one attached hydrogen (secondary N) is 3. The number of nitrogens with zero attached hydrogens (tertiary/aromatic N) is 3. The van der Waals surface area contributed by atoms with Crippen LogP contribution in [0.15, 0.2) is 12.1 Å². The highest BCUT2D eigenvalue weighted by Crippen LogP contribution is 2.62. The van der Waals surface area contributed by atoms with Gasteiger partial charge in [-0.05, 0) is 44.6 Å². The molecule has 2 fully saturated rings. The summed E-state index contributed by atoms with van der Waals surface area (Å²) in [4.78, 5) is 24.7. The normalized spacial score (nSPS) is 25.1. The van der Waals surface area contributed by atoms with E-state index < -0.39 is 0 Å². The van der Waals surface area contributed by atoms with Gasteiger partial charge in [-0.1, -0.05) is 0 Å². The van der Waals surface area contributed by atoms with E-state index in [1.165, 1.54) is 4.68 Å². The predicted molar refractivity (Wildman–Crippen MR) is 106 cm³/mol. The zero-order valence-corrected chi connectivity index (χ0v) is 17.2. The van der Waals surface area contributed by atoms with Gasteiger partial charge in [0.05, 0.1) is 12.3 Å². The summed E-state index contributed by atoms with van der Waals surface area (Å²) in [7, 11) is 3.31. The lowest BCUT2D eigenvalue weighted by molar-refractivity contribution is -0.123. The summed E-state index contributed by atoms with van der Waals surface area (Å²) >= 11 is 0. The van der Waals surface area contributed by atoms with E-state index in [9.17, 15) is 9.59 Å². The van der Waals surface area contributed by atoms with E-state index in [1.54, 1.807) is 20.2 Å². The van der Waals surface area contributed by atoms with E-state index in [0.717, 1.165) is 18.5 Å². The molecule has 2 amide bonds. The first-order chi connectivity index (χ1) is 13.9. The summed E-state index contributed by atoms with van der Waals surface area (Å²) in [5.41, 5.74) is 2.16. The lowest BCUT2D eigenvalue weighted by atomic mass is 9.96. The zero-order chi connectivity index (χ0) is 20.7. The summed E-state index contributed by atoms with van der Waals surface area (Å²) in [5.74, 6) is 1.88. The molecule has 9 nitrogen and oxygen atoms in total. The number of aromatic amines is 1. The van der Waals surface area contributed by atoms with Gasteiger partial charge in [-0.3, -0.25) is 19.4 Å². The Bertz CT molecular complexity index is 905. The van der Waals surface area contributed by atoms with Gasteiger partial charge in [0.15, 0.2) is 5.82 Å². The highest BCUT2D eigenvalue weighted by Gasteiger charge is 2.59. The number of fused-ring (bicyclic) bond motifs is 1. The number of carbonyl (C=O) groups excluding carboxylic acids is 2.